The summed E-state index contributed by atoms with van der Waals surface area (Å²) < 4.78 is 5.60. The molecule has 7 nitrogen and oxygen atoms in total. The molecular weight excluding hydrogens is 344 g/mol. The second kappa shape index (κ2) is 7.09. The molecule has 0 atom stereocenters. The summed E-state index contributed by atoms with van der Waals surface area (Å²) in [4.78, 5) is 19.1. The Hall–Kier alpha value is -4.00. The number of nitrogens with one attached hydrogen (secondary N) is 1. The van der Waals surface area contributed by atoms with Gasteiger partial charge in [0.25, 0.3) is 0 Å². The van der Waals surface area contributed by atoms with Crippen molar-refractivity contribution in [1.29, 1.82) is 0 Å². The summed E-state index contributed by atoms with van der Waals surface area (Å²) in [6.45, 7) is 0. The van der Waals surface area contributed by atoms with Crippen LogP contribution in [-0.4, -0.2) is 14.9 Å². The topological polar surface area (TPSA) is 90.2 Å². The van der Waals surface area contributed by atoms with E-state index in [0.717, 1.165) is 10.8 Å². The molecule has 3 aromatic carbocycles. The molecule has 0 aliphatic carbocycles. The SMILES string of the molecule is O=[N+]([O-])c1c(Nc2cccc3ccccc23)ncnc1Oc1ccccc1. The summed E-state index contributed by atoms with van der Waals surface area (Å²) in [6, 6.07) is 22.2. The Labute approximate surface area is 154 Å². The van der Waals surface area contributed by atoms with Gasteiger partial charge in [0, 0.05) is 11.1 Å². The Morgan fingerprint density at radius 2 is 1.63 bits per heavy atom. The highest BCUT2D eigenvalue weighted by atomic mass is 16.6. The average Bonchev–Trinajstić information content (AvgIpc) is 2.69. The summed E-state index contributed by atoms with van der Waals surface area (Å²) in [5.41, 5.74) is 0.384. The molecule has 4 rings (SSSR count). The molecule has 1 heterocycles. The van der Waals surface area contributed by atoms with E-state index in [1.807, 2.05) is 48.5 Å². The summed E-state index contributed by atoms with van der Waals surface area (Å²) in [7, 11) is 0. The van der Waals surface area contributed by atoms with Gasteiger partial charge >= 0.3 is 11.6 Å². The van der Waals surface area contributed by atoms with Gasteiger partial charge in [0.2, 0.25) is 5.82 Å². The van der Waals surface area contributed by atoms with Gasteiger partial charge in [0.05, 0.1) is 4.92 Å². The Morgan fingerprint density at radius 3 is 2.44 bits per heavy atom. The predicted octanol–water partition coefficient (Wildman–Crippen LogP) is 5.07. The van der Waals surface area contributed by atoms with Gasteiger partial charge in [-0.15, -0.1) is 0 Å². The van der Waals surface area contributed by atoms with Gasteiger partial charge in [-0.3, -0.25) is 10.1 Å². The number of benzene rings is 3. The van der Waals surface area contributed by atoms with E-state index in [9.17, 15) is 10.1 Å². The zero-order chi connectivity index (χ0) is 18.6. The Balaban J connectivity index is 1.76. The summed E-state index contributed by atoms with van der Waals surface area (Å²) in [5, 5.41) is 16.7. The second-order valence-electron chi connectivity index (χ2n) is 5.70. The molecule has 132 valence electrons. The molecule has 0 amide bonds. The molecule has 0 spiro atoms. The zero-order valence-electron chi connectivity index (χ0n) is 14.1. The molecule has 0 saturated carbocycles. The van der Waals surface area contributed by atoms with Crippen molar-refractivity contribution in [2.45, 2.75) is 0 Å². The van der Waals surface area contributed by atoms with Crippen LogP contribution in [0.3, 0.4) is 0 Å². The smallest absolute Gasteiger partial charge is 0.373 e. The van der Waals surface area contributed by atoms with Gasteiger partial charge in [-0.25, -0.2) is 4.98 Å². The highest BCUT2D eigenvalue weighted by Crippen LogP contribution is 2.36. The number of nitro groups is 1. The molecule has 0 bridgehead atoms. The minimum atomic E-state index is -0.550. The summed E-state index contributed by atoms with van der Waals surface area (Å²) >= 11 is 0. The standard InChI is InChI=1S/C20H14N4O3/c25-24(26)18-19(21-13-22-20(18)27-15-9-2-1-3-10-15)23-17-12-6-8-14-7-4-5-11-16(14)17/h1-13H,(H,21,22,23). The first-order chi connectivity index (χ1) is 13.2. The first-order valence-electron chi connectivity index (χ1n) is 8.19. The van der Waals surface area contributed by atoms with E-state index in [-0.39, 0.29) is 17.4 Å². The molecule has 0 radical (unpaired) electrons. The van der Waals surface area contributed by atoms with Crippen molar-refractivity contribution in [2.75, 3.05) is 5.32 Å². The van der Waals surface area contributed by atoms with Crippen molar-refractivity contribution in [3.63, 3.8) is 0 Å². The number of hydrogen-bond donors (Lipinski definition) is 1. The number of rotatable bonds is 5. The van der Waals surface area contributed by atoms with Crippen LogP contribution in [0.25, 0.3) is 10.8 Å². The molecular formula is C20H14N4O3. The van der Waals surface area contributed by atoms with Crippen LogP contribution < -0.4 is 10.1 Å². The first kappa shape index (κ1) is 16.5. The molecule has 0 unspecified atom stereocenters. The lowest BCUT2D eigenvalue weighted by molar-refractivity contribution is -0.385. The molecule has 0 aliphatic rings. The van der Waals surface area contributed by atoms with Crippen LogP contribution in [0.5, 0.6) is 11.6 Å². The van der Waals surface area contributed by atoms with Crippen LogP contribution in [0.1, 0.15) is 0 Å². The van der Waals surface area contributed by atoms with Crippen molar-refractivity contribution in [1.82, 2.24) is 9.97 Å². The summed E-state index contributed by atoms with van der Waals surface area (Å²) in [6.07, 6.45) is 1.23. The minimum absolute atomic E-state index is 0.0669. The van der Waals surface area contributed by atoms with E-state index < -0.39 is 4.92 Å². The number of nitrogens with zero attached hydrogens (tertiary/aromatic N) is 3. The molecule has 0 saturated heterocycles. The maximum Gasteiger partial charge on any atom is 0.373 e. The second-order valence-corrected chi connectivity index (χ2v) is 5.70. The number of aromatic nitrogens is 2. The minimum Gasteiger partial charge on any atom is -0.434 e. The van der Waals surface area contributed by atoms with Crippen LogP contribution >= 0.6 is 0 Å². The lowest BCUT2D eigenvalue weighted by atomic mass is 10.1. The van der Waals surface area contributed by atoms with Gasteiger partial charge in [0.1, 0.15) is 12.1 Å². The number of ether oxygens (including phenoxy) is 1. The van der Waals surface area contributed by atoms with Gasteiger partial charge < -0.3 is 10.1 Å². The maximum absolute atomic E-state index is 11.7. The van der Waals surface area contributed by atoms with Gasteiger partial charge in [0.15, 0.2) is 0 Å². The lowest BCUT2D eigenvalue weighted by Crippen LogP contribution is -2.03. The quantitative estimate of drug-likeness (QED) is 0.395. The van der Waals surface area contributed by atoms with Crippen molar-refractivity contribution in [3.05, 3.63) is 89.2 Å². The average molecular weight is 358 g/mol. The van der Waals surface area contributed by atoms with E-state index in [0.29, 0.717) is 11.4 Å². The van der Waals surface area contributed by atoms with Gasteiger partial charge in [-0.05, 0) is 23.6 Å². The number of anilines is 2. The number of para-hydroxylation sites is 1. The molecule has 7 heteroatoms. The van der Waals surface area contributed by atoms with Gasteiger partial charge in [-0.2, -0.15) is 4.98 Å². The van der Waals surface area contributed by atoms with Crippen molar-refractivity contribution in [2.24, 2.45) is 0 Å². The zero-order valence-corrected chi connectivity index (χ0v) is 14.1. The van der Waals surface area contributed by atoms with Crippen LogP contribution in [0.15, 0.2) is 79.1 Å². The monoisotopic (exact) mass is 358 g/mol. The van der Waals surface area contributed by atoms with E-state index in [4.69, 9.17) is 4.74 Å². The Kier molecular flexibility index (Phi) is 4.32. The molecule has 1 N–H and O–H groups in total. The molecule has 27 heavy (non-hydrogen) atoms. The van der Waals surface area contributed by atoms with Crippen molar-refractivity contribution in [3.8, 4) is 11.6 Å². The highest BCUT2D eigenvalue weighted by molar-refractivity contribution is 5.95. The number of fused-ring (bicyclic) bond motifs is 1. The van der Waals surface area contributed by atoms with Crippen LogP contribution in [-0.2, 0) is 0 Å². The Morgan fingerprint density at radius 1 is 0.889 bits per heavy atom. The third-order valence-electron chi connectivity index (χ3n) is 3.97. The van der Waals surface area contributed by atoms with Crippen LogP contribution in [0.2, 0.25) is 0 Å². The third-order valence-corrected chi connectivity index (χ3v) is 3.97. The largest absolute Gasteiger partial charge is 0.434 e. The Bertz CT molecular complexity index is 1110. The van der Waals surface area contributed by atoms with Crippen molar-refractivity contribution >= 4 is 28.0 Å². The molecule has 0 fully saturated rings. The van der Waals surface area contributed by atoms with Crippen LogP contribution in [0.4, 0.5) is 17.2 Å². The highest BCUT2D eigenvalue weighted by Gasteiger charge is 2.25. The van der Waals surface area contributed by atoms with Gasteiger partial charge in [-0.1, -0.05) is 54.6 Å². The van der Waals surface area contributed by atoms with E-state index in [1.165, 1.54) is 6.33 Å². The van der Waals surface area contributed by atoms with Crippen molar-refractivity contribution < 1.29 is 9.66 Å². The fourth-order valence-electron chi connectivity index (χ4n) is 2.76. The normalized spacial score (nSPS) is 10.5. The molecule has 4 aromatic rings. The first-order valence-corrected chi connectivity index (χ1v) is 8.19. The fourth-order valence-corrected chi connectivity index (χ4v) is 2.76. The summed E-state index contributed by atoms with van der Waals surface area (Å²) in [5.74, 6) is 0.400. The fraction of sp³-hybridized carbons (Fsp3) is 0. The third kappa shape index (κ3) is 3.38. The molecule has 1 aromatic heterocycles. The van der Waals surface area contributed by atoms with E-state index in [1.54, 1.807) is 24.3 Å². The predicted molar refractivity (Wildman–Crippen MR) is 102 cm³/mol. The maximum atomic E-state index is 11.7. The number of hydrogen-bond acceptors (Lipinski definition) is 6. The lowest BCUT2D eigenvalue weighted by Gasteiger charge is -2.11. The van der Waals surface area contributed by atoms with E-state index >= 15 is 0 Å². The van der Waals surface area contributed by atoms with Crippen LogP contribution in [0, 0.1) is 10.1 Å². The molecule has 0 aliphatic heterocycles. The van der Waals surface area contributed by atoms with E-state index in [2.05, 4.69) is 15.3 Å².